The molecule has 2 fully saturated rings. The number of hydrogen-bond donors (Lipinski definition) is 1. The molecular formula is C16H18N2O5. The number of anilines is 1. The first kappa shape index (κ1) is 15.5. The first-order chi connectivity index (χ1) is 11.1. The lowest BCUT2D eigenvalue weighted by Gasteiger charge is -2.36. The van der Waals surface area contributed by atoms with Crippen molar-refractivity contribution in [1.82, 2.24) is 4.90 Å². The molecule has 2 heterocycles. The summed E-state index contributed by atoms with van der Waals surface area (Å²) in [6, 6.07) is 9.08. The maximum Gasteiger partial charge on any atom is 0.303 e. The monoisotopic (exact) mass is 318 g/mol. The normalized spacial score (nSPS) is 23.7. The summed E-state index contributed by atoms with van der Waals surface area (Å²) in [7, 11) is 0. The summed E-state index contributed by atoms with van der Waals surface area (Å²) < 4.78 is 5.57. The van der Waals surface area contributed by atoms with E-state index >= 15 is 0 Å². The molecule has 1 aromatic carbocycles. The second-order valence-corrected chi connectivity index (χ2v) is 5.71. The predicted octanol–water partition coefficient (Wildman–Crippen LogP) is 0.494. The summed E-state index contributed by atoms with van der Waals surface area (Å²) >= 11 is 0. The van der Waals surface area contributed by atoms with Gasteiger partial charge in [-0.25, -0.2) is 0 Å². The van der Waals surface area contributed by atoms with E-state index < -0.39 is 5.97 Å². The van der Waals surface area contributed by atoms with Crippen LogP contribution in [0.4, 0.5) is 5.69 Å². The Morgan fingerprint density at radius 1 is 1.17 bits per heavy atom. The first-order valence-electron chi connectivity index (χ1n) is 7.54. The molecule has 2 aliphatic rings. The quantitative estimate of drug-likeness (QED) is 0.873. The van der Waals surface area contributed by atoms with Crippen LogP contribution in [0.25, 0.3) is 0 Å². The summed E-state index contributed by atoms with van der Waals surface area (Å²) in [6.45, 7) is 0.747. The molecule has 2 saturated heterocycles. The minimum absolute atomic E-state index is 0.00673. The maximum absolute atomic E-state index is 12.2. The van der Waals surface area contributed by atoms with E-state index in [1.807, 2.05) is 30.3 Å². The number of nitrogens with zero attached hydrogens (tertiary/aromatic N) is 2. The number of benzene rings is 1. The molecule has 1 aromatic rings. The van der Waals surface area contributed by atoms with Crippen LogP contribution in [-0.4, -0.2) is 59.6 Å². The van der Waals surface area contributed by atoms with E-state index in [9.17, 15) is 14.4 Å². The Balaban J connectivity index is 1.74. The fraction of sp³-hybridized carbons (Fsp3) is 0.438. The number of hydrogen-bond acceptors (Lipinski definition) is 4. The van der Waals surface area contributed by atoms with Crippen LogP contribution in [0.2, 0.25) is 0 Å². The van der Waals surface area contributed by atoms with Crippen LogP contribution in [0.5, 0.6) is 0 Å². The van der Waals surface area contributed by atoms with Crippen molar-refractivity contribution in [2.24, 2.45) is 0 Å². The average Bonchev–Trinajstić information content (AvgIpc) is 2.97. The van der Waals surface area contributed by atoms with Crippen LogP contribution < -0.4 is 4.90 Å². The maximum atomic E-state index is 12.2. The van der Waals surface area contributed by atoms with Gasteiger partial charge >= 0.3 is 5.97 Å². The number of carbonyl (C=O) groups excluding carboxylic acids is 2. The number of carboxylic acid groups (broad SMARTS) is 1. The molecule has 2 atom stereocenters. The minimum Gasteiger partial charge on any atom is -0.481 e. The van der Waals surface area contributed by atoms with Crippen molar-refractivity contribution in [2.75, 3.05) is 24.6 Å². The molecule has 0 aliphatic carbocycles. The zero-order valence-electron chi connectivity index (χ0n) is 12.6. The van der Waals surface area contributed by atoms with Crippen LogP contribution in [0.15, 0.2) is 30.3 Å². The molecule has 2 amide bonds. The molecule has 23 heavy (non-hydrogen) atoms. The Bertz CT molecular complexity index is 618. The molecule has 0 spiro atoms. The van der Waals surface area contributed by atoms with Crippen molar-refractivity contribution in [3.63, 3.8) is 0 Å². The van der Waals surface area contributed by atoms with E-state index in [4.69, 9.17) is 9.84 Å². The van der Waals surface area contributed by atoms with Gasteiger partial charge in [0.1, 0.15) is 6.61 Å². The van der Waals surface area contributed by atoms with Gasteiger partial charge in [-0.2, -0.15) is 0 Å². The van der Waals surface area contributed by atoms with Gasteiger partial charge in [0.25, 0.3) is 5.91 Å². The number of carboxylic acids is 1. The van der Waals surface area contributed by atoms with Crippen LogP contribution in [0.1, 0.15) is 12.8 Å². The first-order valence-corrected chi connectivity index (χ1v) is 7.54. The van der Waals surface area contributed by atoms with Gasteiger partial charge in [0, 0.05) is 25.2 Å². The number of amides is 2. The molecule has 7 nitrogen and oxygen atoms in total. The van der Waals surface area contributed by atoms with Crippen LogP contribution in [0.3, 0.4) is 0 Å². The average molecular weight is 318 g/mol. The van der Waals surface area contributed by atoms with E-state index in [-0.39, 0.29) is 43.4 Å². The zero-order chi connectivity index (χ0) is 16.4. The predicted molar refractivity (Wildman–Crippen MR) is 80.9 cm³/mol. The standard InChI is InChI=1S/C16H18N2O5/c19-14(6-7-16(21)22)17-8-12-13(9-17)23-10-15(20)18(12)11-4-2-1-3-5-11/h1-5,12-13H,6-10H2,(H,21,22)/t12-,13+/m1/s1. The number of aliphatic carboxylic acids is 1. The van der Waals surface area contributed by atoms with Crippen molar-refractivity contribution < 1.29 is 24.2 Å². The molecule has 0 unspecified atom stereocenters. The molecule has 0 bridgehead atoms. The Hall–Kier alpha value is -2.41. The zero-order valence-corrected chi connectivity index (χ0v) is 12.6. The van der Waals surface area contributed by atoms with Gasteiger partial charge in [0.05, 0.1) is 18.6 Å². The molecule has 1 N–H and O–H groups in total. The highest BCUT2D eigenvalue weighted by molar-refractivity contribution is 5.96. The van der Waals surface area contributed by atoms with Gasteiger partial charge < -0.3 is 19.6 Å². The van der Waals surface area contributed by atoms with E-state index in [2.05, 4.69) is 0 Å². The van der Waals surface area contributed by atoms with Crippen molar-refractivity contribution in [1.29, 1.82) is 0 Å². The molecule has 0 aromatic heterocycles. The smallest absolute Gasteiger partial charge is 0.303 e. The second-order valence-electron chi connectivity index (χ2n) is 5.71. The second kappa shape index (κ2) is 6.37. The molecule has 3 rings (SSSR count). The Kier molecular flexibility index (Phi) is 4.29. The lowest BCUT2D eigenvalue weighted by atomic mass is 10.1. The lowest BCUT2D eigenvalue weighted by molar-refractivity contribution is -0.140. The number of morpholine rings is 1. The summed E-state index contributed by atoms with van der Waals surface area (Å²) in [5, 5.41) is 8.69. The number of fused-ring (bicyclic) bond motifs is 1. The summed E-state index contributed by atoms with van der Waals surface area (Å²) in [5.41, 5.74) is 0.788. The lowest BCUT2D eigenvalue weighted by Crippen LogP contribution is -2.54. The number of carbonyl (C=O) groups is 3. The Morgan fingerprint density at radius 2 is 1.91 bits per heavy atom. The number of rotatable bonds is 4. The van der Waals surface area contributed by atoms with Crippen LogP contribution >= 0.6 is 0 Å². The Morgan fingerprint density at radius 3 is 2.61 bits per heavy atom. The highest BCUT2D eigenvalue weighted by Gasteiger charge is 2.45. The van der Waals surface area contributed by atoms with E-state index in [1.165, 1.54) is 0 Å². The minimum atomic E-state index is -0.993. The largest absolute Gasteiger partial charge is 0.481 e. The molecule has 0 saturated carbocycles. The topological polar surface area (TPSA) is 87.1 Å². The van der Waals surface area contributed by atoms with Gasteiger partial charge in [-0.3, -0.25) is 14.4 Å². The third-order valence-corrected chi connectivity index (χ3v) is 4.20. The van der Waals surface area contributed by atoms with Gasteiger partial charge in [0.15, 0.2) is 0 Å². The van der Waals surface area contributed by atoms with E-state index in [0.29, 0.717) is 13.1 Å². The number of ether oxygens (including phenoxy) is 1. The van der Waals surface area contributed by atoms with Gasteiger partial charge in [-0.1, -0.05) is 18.2 Å². The third kappa shape index (κ3) is 3.19. The van der Waals surface area contributed by atoms with Crippen molar-refractivity contribution >= 4 is 23.5 Å². The molecule has 7 heteroatoms. The highest BCUT2D eigenvalue weighted by Crippen LogP contribution is 2.28. The number of likely N-dealkylation sites (tertiary alicyclic amines) is 1. The fourth-order valence-corrected chi connectivity index (χ4v) is 3.10. The van der Waals surface area contributed by atoms with Crippen molar-refractivity contribution in [3.05, 3.63) is 30.3 Å². The molecular weight excluding hydrogens is 300 g/mol. The van der Waals surface area contributed by atoms with E-state index in [1.54, 1.807) is 9.80 Å². The third-order valence-electron chi connectivity index (χ3n) is 4.20. The number of para-hydroxylation sites is 1. The van der Waals surface area contributed by atoms with E-state index in [0.717, 1.165) is 5.69 Å². The fourth-order valence-electron chi connectivity index (χ4n) is 3.10. The van der Waals surface area contributed by atoms with Crippen LogP contribution in [0, 0.1) is 0 Å². The van der Waals surface area contributed by atoms with Gasteiger partial charge in [0.2, 0.25) is 5.91 Å². The van der Waals surface area contributed by atoms with Crippen molar-refractivity contribution in [2.45, 2.75) is 25.0 Å². The van der Waals surface area contributed by atoms with Gasteiger partial charge in [-0.15, -0.1) is 0 Å². The van der Waals surface area contributed by atoms with Crippen LogP contribution in [-0.2, 0) is 19.1 Å². The SMILES string of the molecule is O=C(O)CCC(=O)N1C[C@@H]2OCC(=O)N(c3ccccc3)[C@@H]2C1. The molecule has 122 valence electrons. The summed E-state index contributed by atoms with van der Waals surface area (Å²) in [5.74, 6) is -1.34. The summed E-state index contributed by atoms with van der Waals surface area (Å²) in [6.07, 6.45) is -0.456. The Labute approximate surface area is 133 Å². The molecule has 2 aliphatic heterocycles. The van der Waals surface area contributed by atoms with Gasteiger partial charge in [-0.05, 0) is 12.1 Å². The molecule has 0 radical (unpaired) electrons. The highest BCUT2D eigenvalue weighted by atomic mass is 16.5. The van der Waals surface area contributed by atoms with Crippen molar-refractivity contribution in [3.8, 4) is 0 Å². The summed E-state index contributed by atoms with van der Waals surface area (Å²) in [4.78, 5) is 38.3.